The van der Waals surface area contributed by atoms with E-state index in [-0.39, 0.29) is 81.6 Å². The summed E-state index contributed by atoms with van der Waals surface area (Å²) in [7, 11) is 0. The molecule has 1 heterocycles. The molecule has 1 saturated heterocycles. The Labute approximate surface area is 639 Å². The molecule has 0 unspecified atom stereocenters. The highest BCUT2D eigenvalue weighted by Gasteiger charge is 2.39. The van der Waals surface area contributed by atoms with Crippen LogP contribution in [0.25, 0.3) is 0 Å². The van der Waals surface area contributed by atoms with E-state index in [4.69, 9.17) is 22.9 Å². The number of carbonyl (C=O) groups excluding carboxylic acids is 15. The first-order chi connectivity index (χ1) is 51.8. The van der Waals surface area contributed by atoms with Gasteiger partial charge in [0.2, 0.25) is 88.6 Å². The summed E-state index contributed by atoms with van der Waals surface area (Å²) in [5, 5.41) is 62.3. The van der Waals surface area contributed by atoms with Crippen LogP contribution >= 0.6 is 0 Å². The summed E-state index contributed by atoms with van der Waals surface area (Å²) >= 11 is 0. The number of phenolic OH excluding ortho intramolecular Hbond substituents is 1. The smallest absolute Gasteiger partial charge is 0.326 e. The Morgan fingerprint density at radius 2 is 1.00 bits per heavy atom. The number of amides is 15. The number of guanidine groups is 1. The molecule has 2 aromatic rings. The Balaban J connectivity index is 1.71. The van der Waals surface area contributed by atoms with Crippen LogP contribution < -0.4 is 92.1 Å². The first kappa shape index (κ1) is 93.2. The summed E-state index contributed by atoms with van der Waals surface area (Å²) in [4.78, 5) is 221. The summed E-state index contributed by atoms with van der Waals surface area (Å²) in [5.74, 6) is -16.2. The van der Waals surface area contributed by atoms with E-state index in [9.17, 15) is 92.0 Å². The number of carbonyl (C=O) groups is 16. The molecule has 0 saturated carbocycles. The number of nitrogens with zero attached hydrogens (tertiary/aromatic N) is 2. The molecular formula is C72H113N19O19. The predicted molar refractivity (Wildman–Crippen MR) is 401 cm³/mol. The molecule has 110 heavy (non-hydrogen) atoms. The first-order valence-electron chi connectivity index (χ1n) is 36.7. The van der Waals surface area contributed by atoms with Crippen LogP contribution in [0.1, 0.15) is 138 Å². The maximum Gasteiger partial charge on any atom is 0.326 e. The maximum atomic E-state index is 14.5. The fraction of sp³-hybridized carbons (Fsp3) is 0.597. The zero-order valence-electron chi connectivity index (χ0n) is 64.0. The van der Waals surface area contributed by atoms with Gasteiger partial charge in [-0.25, -0.2) is 4.79 Å². The third kappa shape index (κ3) is 32.4. The SMILES string of the molecule is CC[C@H](C)[C@H](NC(=O)[C@H](CC(C)C)NC(=O)[C@@H](NC(=O)[C@H](CO)NC(=O)CNC(=O)[C@@H](N)C(C)C)[C@@H](C)CC)C(=O)N[C@@H](CCC(N)=O)C(=O)N[C@@H](CCCN=C(N)N)C(=O)NCC(=O)N1CCC[C@H]1C(=O)NCC(=O)N[C@@H](C)C(=O)N[C@@H](C)C(=O)N[C@@H](Cc1ccccc1)C(=O)N[C@@H](Cc1ccc(O)cc1)C(=O)O. The number of hydrogen-bond acceptors (Lipinski definition) is 20. The van der Waals surface area contributed by atoms with Crippen LogP contribution in [-0.4, -0.2) is 233 Å². The molecule has 14 atom stereocenters. The van der Waals surface area contributed by atoms with E-state index in [0.717, 1.165) is 0 Å². The number of rotatable bonds is 47. The van der Waals surface area contributed by atoms with Gasteiger partial charge in [0.25, 0.3) is 0 Å². The van der Waals surface area contributed by atoms with Crippen molar-refractivity contribution in [3.63, 3.8) is 0 Å². The molecular weight excluding hydrogens is 1430 g/mol. The minimum absolute atomic E-state index is 0.00357. The van der Waals surface area contributed by atoms with Crippen molar-refractivity contribution in [2.45, 2.75) is 212 Å². The van der Waals surface area contributed by atoms with Gasteiger partial charge >= 0.3 is 5.97 Å². The Morgan fingerprint density at radius 3 is 1.55 bits per heavy atom. The van der Waals surface area contributed by atoms with E-state index in [1.54, 1.807) is 85.7 Å². The molecule has 38 heteroatoms. The lowest BCUT2D eigenvalue weighted by molar-refractivity contribution is -0.142. The number of nitrogens with one attached hydrogen (secondary N) is 13. The van der Waals surface area contributed by atoms with Gasteiger partial charge in [0.1, 0.15) is 72.2 Å². The predicted octanol–water partition coefficient (Wildman–Crippen LogP) is -5.08. The highest BCUT2D eigenvalue weighted by Crippen LogP contribution is 2.19. The fourth-order valence-electron chi connectivity index (χ4n) is 11.2. The van der Waals surface area contributed by atoms with Gasteiger partial charge in [0.15, 0.2) is 5.96 Å². The van der Waals surface area contributed by atoms with Gasteiger partial charge in [-0.2, -0.15) is 0 Å². The normalized spacial score (nSPS) is 16.0. The molecule has 3 rings (SSSR count). The van der Waals surface area contributed by atoms with Crippen LogP contribution in [0.15, 0.2) is 59.6 Å². The topological polar surface area (TPSA) is 610 Å². The van der Waals surface area contributed by atoms with Crippen molar-refractivity contribution in [2.75, 3.05) is 39.3 Å². The number of phenols is 1. The highest BCUT2D eigenvalue weighted by atomic mass is 16.4. The van der Waals surface area contributed by atoms with Gasteiger partial charge in [-0.15, -0.1) is 0 Å². The Morgan fingerprint density at radius 1 is 0.518 bits per heavy atom. The third-order valence-electron chi connectivity index (χ3n) is 18.2. The molecule has 15 amide bonds. The largest absolute Gasteiger partial charge is 0.508 e. The number of aliphatic hydroxyl groups is 1. The van der Waals surface area contributed by atoms with Gasteiger partial charge < -0.3 is 112 Å². The Hall–Kier alpha value is -11.1. The highest BCUT2D eigenvalue weighted by molar-refractivity contribution is 6.00. The van der Waals surface area contributed by atoms with Crippen molar-refractivity contribution in [1.29, 1.82) is 0 Å². The summed E-state index contributed by atoms with van der Waals surface area (Å²) in [6, 6.07) is -1.96. The van der Waals surface area contributed by atoms with Crippen LogP contribution in [0.4, 0.5) is 0 Å². The Bertz CT molecular complexity index is 3530. The van der Waals surface area contributed by atoms with E-state index < -0.39 is 218 Å². The van der Waals surface area contributed by atoms with E-state index in [0.29, 0.717) is 24.0 Å². The lowest BCUT2D eigenvalue weighted by Crippen LogP contribution is -2.62. The van der Waals surface area contributed by atoms with Crippen molar-refractivity contribution in [2.24, 2.45) is 51.6 Å². The fourth-order valence-corrected chi connectivity index (χ4v) is 11.2. The standard InChI is InChI=1S/C72H113N19O19/c1-11-39(7)58(89-65(103)48(30-37(3)4)87-70(108)59(40(8)12-2)90-66(104)51(36-92)83-55(96)34-79-68(106)57(74)38(5)6)69(107)85-47(26-27-53(73)94)63(101)84-46(20-16-28-77-72(75)76)62(100)80-35-56(97)91-29-17-21-52(91)67(105)78-33-54(95)81-41(9)60(98)82-42(10)61(99)86-49(31-43-18-14-13-15-19-43)64(102)88-50(71(109)110)32-44-22-24-45(93)25-23-44/h13-15,18-19,22-25,37-42,46-52,57-59,92-93H,11-12,16-17,20-21,26-36,74H2,1-10H3,(H2,73,94)(H,78,105)(H,79,106)(H,80,100)(H,81,95)(H,82,98)(H,83,96)(H,84,101)(H,85,107)(H,86,99)(H,87,108)(H,88,102)(H,89,103)(H,90,104)(H,109,110)(H4,75,76,77)/t39-,40-,41-,42-,46-,47-,48-,49-,50-,51-,52-,57-,58-,59-/m0/s1. The molecule has 2 aromatic carbocycles. The number of carboxylic acid groups (broad SMARTS) is 1. The van der Waals surface area contributed by atoms with Gasteiger partial charge in [-0.1, -0.05) is 111 Å². The molecule has 1 fully saturated rings. The summed E-state index contributed by atoms with van der Waals surface area (Å²) in [6.07, 6.45) is -0.179. The van der Waals surface area contributed by atoms with Crippen molar-refractivity contribution in [3.05, 3.63) is 65.7 Å². The lowest BCUT2D eigenvalue weighted by Gasteiger charge is -2.31. The minimum Gasteiger partial charge on any atom is -0.508 e. The van der Waals surface area contributed by atoms with Crippen LogP contribution in [-0.2, 0) is 89.6 Å². The zero-order chi connectivity index (χ0) is 82.6. The number of aliphatic hydroxyl groups excluding tert-OH is 1. The van der Waals surface area contributed by atoms with Gasteiger partial charge in [0.05, 0.1) is 32.3 Å². The number of aliphatic carboxylic acids is 1. The number of aromatic hydroxyl groups is 1. The van der Waals surface area contributed by atoms with E-state index in [1.807, 2.05) is 0 Å². The van der Waals surface area contributed by atoms with E-state index in [2.05, 4.69) is 74.1 Å². The molecule has 24 N–H and O–H groups in total. The number of nitrogens with two attached hydrogens (primary N) is 4. The number of aliphatic imine (C=N–C) groups is 1. The minimum atomic E-state index is -1.61. The van der Waals surface area contributed by atoms with Gasteiger partial charge in [-0.3, -0.25) is 76.9 Å². The van der Waals surface area contributed by atoms with Crippen LogP contribution in [0.5, 0.6) is 5.75 Å². The summed E-state index contributed by atoms with van der Waals surface area (Å²) in [6.45, 7) is 13.4. The number of carboxylic acids is 1. The molecule has 0 spiro atoms. The van der Waals surface area contributed by atoms with Gasteiger partial charge in [-0.05, 0) is 99.3 Å². The molecule has 38 nitrogen and oxygen atoms in total. The molecule has 0 aromatic heterocycles. The molecule has 0 radical (unpaired) electrons. The summed E-state index contributed by atoms with van der Waals surface area (Å²) in [5.41, 5.74) is 23.5. The molecule has 1 aliphatic rings. The van der Waals surface area contributed by atoms with Crippen molar-refractivity contribution in [1.82, 2.24) is 74.0 Å². The number of primary amides is 1. The number of likely N-dealkylation sites (tertiary alicyclic amines) is 1. The number of hydrogen-bond donors (Lipinski definition) is 20. The second kappa shape index (κ2) is 47.0. The van der Waals surface area contributed by atoms with Crippen molar-refractivity contribution < 1.29 is 92.0 Å². The van der Waals surface area contributed by atoms with Crippen molar-refractivity contribution in [3.8, 4) is 5.75 Å². The van der Waals surface area contributed by atoms with Crippen molar-refractivity contribution >= 4 is 101 Å². The third-order valence-corrected chi connectivity index (χ3v) is 18.2. The molecule has 1 aliphatic heterocycles. The first-order valence-corrected chi connectivity index (χ1v) is 36.7. The van der Waals surface area contributed by atoms with Gasteiger partial charge in [0, 0.05) is 32.4 Å². The van der Waals surface area contributed by atoms with Crippen LogP contribution in [0, 0.1) is 23.7 Å². The maximum absolute atomic E-state index is 14.5. The zero-order valence-corrected chi connectivity index (χ0v) is 64.0. The number of benzene rings is 2. The molecule has 0 aliphatic carbocycles. The average Bonchev–Trinajstić information content (AvgIpc) is 1.50. The molecule has 0 bridgehead atoms. The van der Waals surface area contributed by atoms with E-state index >= 15 is 0 Å². The Kier molecular flexibility index (Phi) is 39.8. The second-order valence-corrected chi connectivity index (χ2v) is 28.0. The van der Waals surface area contributed by atoms with E-state index in [1.165, 1.54) is 43.0 Å². The monoisotopic (exact) mass is 1550 g/mol. The lowest BCUT2D eigenvalue weighted by atomic mass is 9.95. The quantitative estimate of drug-likeness (QED) is 0.0167. The summed E-state index contributed by atoms with van der Waals surface area (Å²) < 4.78 is 0. The average molecular weight is 1550 g/mol. The van der Waals surface area contributed by atoms with Crippen LogP contribution in [0.2, 0.25) is 0 Å². The second-order valence-electron chi connectivity index (χ2n) is 28.0. The molecule has 610 valence electrons. The van der Waals surface area contributed by atoms with Crippen LogP contribution in [0.3, 0.4) is 0 Å².